The van der Waals surface area contributed by atoms with Gasteiger partial charge in [-0.25, -0.2) is 4.39 Å². The van der Waals surface area contributed by atoms with Gasteiger partial charge < -0.3 is 15.0 Å². The summed E-state index contributed by atoms with van der Waals surface area (Å²) < 4.78 is 19.1. The number of nitrogens with zero attached hydrogens (tertiary/aromatic N) is 1. The van der Waals surface area contributed by atoms with Crippen molar-refractivity contribution >= 4 is 5.69 Å². The maximum atomic E-state index is 14.0. The van der Waals surface area contributed by atoms with E-state index in [9.17, 15) is 4.39 Å². The van der Waals surface area contributed by atoms with Gasteiger partial charge in [0.15, 0.2) is 0 Å². The Bertz CT molecular complexity index is 407. The van der Waals surface area contributed by atoms with Crippen LogP contribution < -0.4 is 10.2 Å². The first-order chi connectivity index (χ1) is 9.20. The summed E-state index contributed by atoms with van der Waals surface area (Å²) in [4.78, 5) is 1.94. The average Bonchev–Trinajstić information content (AvgIpc) is 3.20. The zero-order chi connectivity index (χ0) is 13.7. The van der Waals surface area contributed by atoms with Crippen molar-refractivity contribution in [2.24, 2.45) is 0 Å². The predicted octanol–water partition coefficient (Wildman–Crippen LogP) is 2.55. The Balaban J connectivity index is 1.89. The normalized spacial score (nSPS) is 14.7. The summed E-state index contributed by atoms with van der Waals surface area (Å²) >= 11 is 0. The molecule has 1 saturated carbocycles. The van der Waals surface area contributed by atoms with Crippen LogP contribution in [0.2, 0.25) is 0 Å². The second-order valence-electron chi connectivity index (χ2n) is 5.21. The molecule has 1 aromatic rings. The van der Waals surface area contributed by atoms with Gasteiger partial charge in [0.2, 0.25) is 0 Å². The molecule has 0 radical (unpaired) electrons. The highest BCUT2D eigenvalue weighted by molar-refractivity contribution is 5.48. The van der Waals surface area contributed by atoms with Gasteiger partial charge in [-0.3, -0.25) is 0 Å². The van der Waals surface area contributed by atoms with Crippen LogP contribution in [0.1, 0.15) is 24.8 Å². The summed E-state index contributed by atoms with van der Waals surface area (Å²) in [6, 6.07) is 6.16. The van der Waals surface area contributed by atoms with E-state index in [1.165, 1.54) is 12.8 Å². The molecule has 0 heterocycles. The molecule has 106 valence electrons. The smallest absolute Gasteiger partial charge is 0.146 e. The van der Waals surface area contributed by atoms with Crippen LogP contribution in [0.25, 0.3) is 0 Å². The zero-order valence-corrected chi connectivity index (χ0v) is 11.8. The molecule has 1 aromatic carbocycles. The molecule has 1 aliphatic rings. The summed E-state index contributed by atoms with van der Waals surface area (Å²) in [5, 5.41) is 3.39. The lowest BCUT2D eigenvalue weighted by atomic mass is 10.2. The van der Waals surface area contributed by atoms with Gasteiger partial charge in [0.25, 0.3) is 0 Å². The Morgan fingerprint density at radius 2 is 2.21 bits per heavy atom. The molecule has 3 nitrogen and oxygen atoms in total. The number of rotatable bonds is 8. The molecule has 0 aliphatic heterocycles. The number of anilines is 1. The molecule has 2 rings (SSSR count). The summed E-state index contributed by atoms with van der Waals surface area (Å²) in [6.45, 7) is 2.26. The standard InChI is InChI=1S/C15H23FN2O/c1-18(8-3-9-19-2)15-7-4-12(10-14(15)16)11-17-13-5-6-13/h4,7,10,13,17H,3,5-6,8-9,11H2,1-2H3. The van der Waals surface area contributed by atoms with E-state index in [0.717, 1.165) is 25.1 Å². The lowest BCUT2D eigenvalue weighted by Crippen LogP contribution is -2.21. The van der Waals surface area contributed by atoms with Gasteiger partial charge >= 0.3 is 0 Å². The maximum Gasteiger partial charge on any atom is 0.146 e. The van der Waals surface area contributed by atoms with Gasteiger partial charge in [-0.15, -0.1) is 0 Å². The zero-order valence-electron chi connectivity index (χ0n) is 11.8. The minimum Gasteiger partial charge on any atom is -0.385 e. The van der Waals surface area contributed by atoms with Crippen LogP contribution in [-0.4, -0.2) is 33.4 Å². The van der Waals surface area contributed by atoms with Gasteiger partial charge in [-0.1, -0.05) is 6.07 Å². The maximum absolute atomic E-state index is 14.0. The first kappa shape index (κ1) is 14.3. The van der Waals surface area contributed by atoms with Crippen molar-refractivity contribution in [2.45, 2.75) is 31.8 Å². The van der Waals surface area contributed by atoms with Crippen molar-refractivity contribution < 1.29 is 9.13 Å². The predicted molar refractivity (Wildman–Crippen MR) is 76.0 cm³/mol. The fourth-order valence-corrected chi connectivity index (χ4v) is 2.09. The van der Waals surface area contributed by atoms with E-state index >= 15 is 0 Å². The molecule has 0 atom stereocenters. The molecule has 0 aromatic heterocycles. The molecule has 4 heteroatoms. The Morgan fingerprint density at radius 1 is 1.42 bits per heavy atom. The molecule has 0 spiro atoms. The van der Waals surface area contributed by atoms with E-state index in [1.54, 1.807) is 13.2 Å². The van der Waals surface area contributed by atoms with Crippen LogP contribution in [0, 0.1) is 5.82 Å². The van der Waals surface area contributed by atoms with E-state index in [4.69, 9.17) is 4.74 Å². The SMILES string of the molecule is COCCCN(C)c1ccc(CNC2CC2)cc1F. The molecular formula is C15H23FN2O. The van der Waals surface area contributed by atoms with E-state index in [1.807, 2.05) is 24.1 Å². The third-order valence-corrected chi connectivity index (χ3v) is 3.44. The molecule has 0 unspecified atom stereocenters. The van der Waals surface area contributed by atoms with Gasteiger partial charge in [0, 0.05) is 39.9 Å². The second kappa shape index (κ2) is 6.87. The lowest BCUT2D eigenvalue weighted by molar-refractivity contribution is 0.196. The van der Waals surface area contributed by atoms with E-state index in [-0.39, 0.29) is 5.82 Å². The first-order valence-corrected chi connectivity index (χ1v) is 6.92. The van der Waals surface area contributed by atoms with E-state index < -0.39 is 0 Å². The molecule has 0 amide bonds. The molecule has 19 heavy (non-hydrogen) atoms. The van der Waals surface area contributed by atoms with Crippen LogP contribution in [0.15, 0.2) is 18.2 Å². The molecule has 1 fully saturated rings. The highest BCUT2D eigenvalue weighted by Gasteiger charge is 2.20. The summed E-state index contributed by atoms with van der Waals surface area (Å²) in [5.74, 6) is -0.144. The first-order valence-electron chi connectivity index (χ1n) is 6.92. The van der Waals surface area contributed by atoms with Crippen LogP contribution >= 0.6 is 0 Å². The number of ether oxygens (including phenoxy) is 1. The number of methoxy groups -OCH3 is 1. The Kier molecular flexibility index (Phi) is 5.16. The fourth-order valence-electron chi connectivity index (χ4n) is 2.09. The molecule has 1 N–H and O–H groups in total. The van der Waals surface area contributed by atoms with Crippen LogP contribution in [0.5, 0.6) is 0 Å². The Labute approximate surface area is 114 Å². The third-order valence-electron chi connectivity index (χ3n) is 3.44. The highest BCUT2D eigenvalue weighted by Crippen LogP contribution is 2.22. The van der Waals surface area contributed by atoms with Crippen LogP contribution in [0.3, 0.4) is 0 Å². The van der Waals surface area contributed by atoms with Gasteiger partial charge in [0.05, 0.1) is 5.69 Å². The van der Waals surface area contributed by atoms with Crippen molar-refractivity contribution in [2.75, 3.05) is 32.2 Å². The van der Waals surface area contributed by atoms with Crippen LogP contribution in [0.4, 0.5) is 10.1 Å². The second-order valence-corrected chi connectivity index (χ2v) is 5.21. The largest absolute Gasteiger partial charge is 0.385 e. The van der Waals surface area contributed by atoms with Gasteiger partial charge in [0.1, 0.15) is 5.82 Å². The molecular weight excluding hydrogens is 243 g/mol. The van der Waals surface area contributed by atoms with Crippen molar-refractivity contribution in [1.29, 1.82) is 0 Å². The average molecular weight is 266 g/mol. The summed E-state index contributed by atoms with van der Waals surface area (Å²) in [5.41, 5.74) is 1.67. The molecule has 0 saturated heterocycles. The van der Waals surface area contributed by atoms with Crippen LogP contribution in [-0.2, 0) is 11.3 Å². The minimum absolute atomic E-state index is 0.144. The number of benzene rings is 1. The Morgan fingerprint density at radius 3 is 2.84 bits per heavy atom. The number of nitrogens with one attached hydrogen (secondary N) is 1. The molecule has 1 aliphatic carbocycles. The minimum atomic E-state index is -0.144. The van der Waals surface area contributed by atoms with Gasteiger partial charge in [-0.2, -0.15) is 0 Å². The quantitative estimate of drug-likeness (QED) is 0.732. The van der Waals surface area contributed by atoms with Crippen molar-refractivity contribution in [1.82, 2.24) is 5.32 Å². The summed E-state index contributed by atoms with van der Waals surface area (Å²) in [6.07, 6.45) is 3.41. The van der Waals surface area contributed by atoms with Crippen molar-refractivity contribution in [3.8, 4) is 0 Å². The topological polar surface area (TPSA) is 24.5 Å². The number of hydrogen-bond donors (Lipinski definition) is 1. The van der Waals surface area contributed by atoms with E-state index in [2.05, 4.69) is 5.32 Å². The van der Waals surface area contributed by atoms with Crippen molar-refractivity contribution in [3.63, 3.8) is 0 Å². The van der Waals surface area contributed by atoms with Crippen molar-refractivity contribution in [3.05, 3.63) is 29.6 Å². The lowest BCUT2D eigenvalue weighted by Gasteiger charge is -2.20. The van der Waals surface area contributed by atoms with Gasteiger partial charge in [-0.05, 0) is 37.0 Å². The highest BCUT2D eigenvalue weighted by atomic mass is 19.1. The molecule has 0 bridgehead atoms. The monoisotopic (exact) mass is 266 g/mol. The third kappa shape index (κ3) is 4.48. The fraction of sp³-hybridized carbons (Fsp3) is 0.600. The van der Waals surface area contributed by atoms with E-state index in [0.29, 0.717) is 18.3 Å². The number of halogens is 1. The summed E-state index contributed by atoms with van der Waals surface area (Å²) in [7, 11) is 3.60. The Hall–Kier alpha value is -1.13. The number of hydrogen-bond acceptors (Lipinski definition) is 3.